The molecule has 0 amide bonds. The number of carbonyl (C=O) groups is 2. The van der Waals surface area contributed by atoms with Crippen molar-refractivity contribution >= 4 is 11.9 Å². The molecule has 0 aliphatic heterocycles. The zero-order valence-corrected chi connectivity index (χ0v) is 6.40. The molecule has 0 saturated carbocycles. The highest BCUT2D eigenvalue weighted by Crippen LogP contribution is 1.95. The Labute approximate surface area is 68.6 Å². The molecule has 0 aromatic carbocycles. The van der Waals surface area contributed by atoms with Crippen molar-refractivity contribution in [2.75, 3.05) is 0 Å². The van der Waals surface area contributed by atoms with Gasteiger partial charge >= 0.3 is 11.9 Å². The molecule has 0 atom stereocenters. The largest absolute Gasteiger partial charge is 0.500 e. The fourth-order valence-corrected chi connectivity index (χ4v) is 0.260. The van der Waals surface area contributed by atoms with Gasteiger partial charge in [0.25, 0.3) is 0 Å². The van der Waals surface area contributed by atoms with E-state index in [4.69, 9.17) is 10.2 Å². The minimum Gasteiger partial charge on any atom is -0.500 e. The Bertz CT molecular complexity index is 251. The summed E-state index contributed by atoms with van der Waals surface area (Å²) in [5.41, 5.74) is 0.115. The lowest BCUT2D eigenvalue weighted by Gasteiger charge is -1.96. The Hall–Kier alpha value is -1.78. The molecule has 12 heavy (non-hydrogen) atoms. The van der Waals surface area contributed by atoms with E-state index in [0.29, 0.717) is 6.26 Å². The molecular formula is C7H8O5. The smallest absolute Gasteiger partial charge is 0.374 e. The number of hydrogen-bond donors (Lipinski definition) is 2. The van der Waals surface area contributed by atoms with Crippen molar-refractivity contribution in [1.82, 2.24) is 0 Å². The van der Waals surface area contributed by atoms with Gasteiger partial charge in [-0.25, -0.2) is 9.59 Å². The van der Waals surface area contributed by atoms with Crippen LogP contribution in [0, 0.1) is 0 Å². The summed E-state index contributed by atoms with van der Waals surface area (Å²) in [5.74, 6) is -3.39. The maximum atomic E-state index is 10.6. The summed E-state index contributed by atoms with van der Waals surface area (Å²) >= 11 is 0. The maximum Gasteiger partial charge on any atom is 0.374 e. The number of hydrogen-bond acceptors (Lipinski definition) is 4. The summed E-state index contributed by atoms with van der Waals surface area (Å²) in [6.45, 7) is 4.64. The van der Waals surface area contributed by atoms with Crippen molar-refractivity contribution in [1.29, 1.82) is 0 Å². The minimum absolute atomic E-state index is 0.115. The van der Waals surface area contributed by atoms with Gasteiger partial charge in [-0.3, -0.25) is 0 Å². The monoisotopic (exact) mass is 172 g/mol. The van der Waals surface area contributed by atoms with Gasteiger partial charge in [0, 0.05) is 5.57 Å². The first-order chi connectivity index (χ1) is 5.45. The van der Waals surface area contributed by atoms with Gasteiger partial charge in [-0.15, -0.1) is 0 Å². The van der Waals surface area contributed by atoms with Crippen LogP contribution in [-0.4, -0.2) is 22.2 Å². The Morgan fingerprint density at radius 1 is 1.42 bits per heavy atom. The number of carbonyl (C=O) groups excluding carboxylic acids is 1. The summed E-state index contributed by atoms with van der Waals surface area (Å²) in [6.07, 6.45) is 0.444. The Balaban J connectivity index is 4.14. The highest BCUT2D eigenvalue weighted by Gasteiger charge is 2.06. The van der Waals surface area contributed by atoms with E-state index >= 15 is 0 Å². The first kappa shape index (κ1) is 10.2. The van der Waals surface area contributed by atoms with Crippen LogP contribution in [0.1, 0.15) is 6.92 Å². The molecule has 0 spiro atoms. The van der Waals surface area contributed by atoms with Crippen LogP contribution in [0.3, 0.4) is 0 Å². The number of aliphatic carboxylic acids is 1. The second-order valence-electron chi connectivity index (χ2n) is 1.99. The summed E-state index contributed by atoms with van der Waals surface area (Å²) < 4.78 is 4.20. The fourth-order valence-electron chi connectivity index (χ4n) is 0.260. The van der Waals surface area contributed by atoms with Crippen molar-refractivity contribution in [2.24, 2.45) is 0 Å². The number of ether oxygens (including phenoxy) is 1. The van der Waals surface area contributed by atoms with Crippen LogP contribution < -0.4 is 0 Å². The highest BCUT2D eigenvalue weighted by atomic mass is 16.5. The molecule has 5 heteroatoms. The van der Waals surface area contributed by atoms with Crippen LogP contribution >= 0.6 is 0 Å². The van der Waals surface area contributed by atoms with E-state index in [9.17, 15) is 9.59 Å². The van der Waals surface area contributed by atoms with E-state index in [2.05, 4.69) is 11.3 Å². The molecule has 0 aliphatic carbocycles. The third-order valence-electron chi connectivity index (χ3n) is 0.845. The Morgan fingerprint density at radius 3 is 2.25 bits per heavy atom. The second-order valence-corrected chi connectivity index (χ2v) is 1.99. The molecule has 0 aromatic heterocycles. The minimum atomic E-state index is -1.57. The van der Waals surface area contributed by atoms with E-state index in [-0.39, 0.29) is 5.57 Å². The topological polar surface area (TPSA) is 83.8 Å². The van der Waals surface area contributed by atoms with E-state index in [1.54, 1.807) is 0 Å². The van der Waals surface area contributed by atoms with Gasteiger partial charge in [0.05, 0.1) is 0 Å². The van der Waals surface area contributed by atoms with Crippen LogP contribution in [0.15, 0.2) is 24.2 Å². The molecule has 0 heterocycles. The first-order valence-electron chi connectivity index (χ1n) is 2.94. The number of rotatable bonds is 3. The summed E-state index contributed by atoms with van der Waals surface area (Å²) in [6, 6.07) is 0. The van der Waals surface area contributed by atoms with Gasteiger partial charge in [0.1, 0.15) is 6.26 Å². The average molecular weight is 172 g/mol. The van der Waals surface area contributed by atoms with Gasteiger partial charge in [-0.05, 0) is 6.92 Å². The predicted molar refractivity (Wildman–Crippen MR) is 39.3 cm³/mol. The van der Waals surface area contributed by atoms with Crippen LogP contribution in [-0.2, 0) is 14.3 Å². The summed E-state index contributed by atoms with van der Waals surface area (Å²) in [7, 11) is 0. The number of aliphatic hydroxyl groups is 1. The van der Waals surface area contributed by atoms with Crippen molar-refractivity contribution in [2.45, 2.75) is 6.92 Å². The molecule has 0 aromatic rings. The second kappa shape index (κ2) is 4.17. The molecule has 0 bridgehead atoms. The number of aliphatic hydroxyl groups excluding tert-OH is 1. The molecule has 0 saturated heterocycles. The van der Waals surface area contributed by atoms with Gasteiger partial charge < -0.3 is 14.9 Å². The average Bonchev–Trinajstić information content (AvgIpc) is 1.98. The highest BCUT2D eigenvalue weighted by molar-refractivity contribution is 5.88. The van der Waals surface area contributed by atoms with Crippen molar-refractivity contribution in [3.05, 3.63) is 24.2 Å². The van der Waals surface area contributed by atoms with E-state index < -0.39 is 17.7 Å². The molecule has 0 unspecified atom stereocenters. The lowest BCUT2D eigenvalue weighted by atomic mass is 10.4. The predicted octanol–water partition coefficient (Wildman–Crippen LogP) is 0.590. The lowest BCUT2D eigenvalue weighted by molar-refractivity contribution is -0.136. The maximum absolute atomic E-state index is 10.6. The number of carboxylic acid groups (broad SMARTS) is 1. The zero-order chi connectivity index (χ0) is 9.72. The zero-order valence-electron chi connectivity index (χ0n) is 6.40. The normalized spacial score (nSPS) is 10.6. The van der Waals surface area contributed by atoms with Crippen molar-refractivity contribution in [3.63, 3.8) is 0 Å². The van der Waals surface area contributed by atoms with Gasteiger partial charge in [0.15, 0.2) is 0 Å². The lowest BCUT2D eigenvalue weighted by Crippen LogP contribution is -2.04. The van der Waals surface area contributed by atoms with Crippen LogP contribution in [0.5, 0.6) is 0 Å². The van der Waals surface area contributed by atoms with Gasteiger partial charge in [-0.1, -0.05) is 6.58 Å². The third-order valence-corrected chi connectivity index (χ3v) is 0.845. The first-order valence-corrected chi connectivity index (χ1v) is 2.94. The quantitative estimate of drug-likeness (QED) is 0.369. The van der Waals surface area contributed by atoms with E-state index in [1.165, 1.54) is 6.92 Å². The molecule has 0 fully saturated rings. The molecular weight excluding hydrogens is 164 g/mol. The van der Waals surface area contributed by atoms with Crippen molar-refractivity contribution in [3.8, 4) is 0 Å². The van der Waals surface area contributed by atoms with E-state index in [1.807, 2.05) is 0 Å². The molecule has 0 rings (SSSR count). The summed E-state index contributed by atoms with van der Waals surface area (Å²) in [5, 5.41) is 16.6. The molecule has 2 N–H and O–H groups in total. The van der Waals surface area contributed by atoms with E-state index in [0.717, 1.165) is 0 Å². The molecule has 66 valence electrons. The molecule has 0 aliphatic rings. The number of carboxylic acids is 1. The standard InChI is InChI=1S/C7H8O5/c1-4(2)7(11)12-3-5(8)6(9)10/h3,8H,1H2,2H3,(H,9,10)/b5-3-. The van der Waals surface area contributed by atoms with Gasteiger partial charge in [-0.2, -0.15) is 0 Å². The van der Waals surface area contributed by atoms with Gasteiger partial charge in [0.2, 0.25) is 5.76 Å². The fraction of sp³-hybridized carbons (Fsp3) is 0.143. The Kier molecular flexibility index (Phi) is 3.55. The number of esters is 1. The van der Waals surface area contributed by atoms with Crippen molar-refractivity contribution < 1.29 is 24.5 Å². The SMILES string of the molecule is C=C(C)C(=O)O/C=C(\O)C(=O)O. The molecule has 0 radical (unpaired) electrons. The molecule has 5 nitrogen and oxygen atoms in total. The van der Waals surface area contributed by atoms with Crippen LogP contribution in [0.2, 0.25) is 0 Å². The Morgan fingerprint density at radius 2 is 1.92 bits per heavy atom. The third kappa shape index (κ3) is 3.40. The van der Waals surface area contributed by atoms with Crippen LogP contribution in [0.4, 0.5) is 0 Å². The summed E-state index contributed by atoms with van der Waals surface area (Å²) in [4.78, 5) is 20.5. The van der Waals surface area contributed by atoms with Crippen LogP contribution in [0.25, 0.3) is 0 Å².